The highest BCUT2D eigenvalue weighted by molar-refractivity contribution is 5.79. The van der Waals surface area contributed by atoms with Crippen LogP contribution in [-0.2, 0) is 11.2 Å². The Labute approximate surface area is 193 Å². The first kappa shape index (κ1) is 24.3. The fourth-order valence-corrected chi connectivity index (χ4v) is 5.33. The predicted molar refractivity (Wildman–Crippen MR) is 118 cm³/mol. The van der Waals surface area contributed by atoms with Gasteiger partial charge in [0.25, 0.3) is 0 Å². The SMILES string of the molecule is O=C(CC1CCC(CCN2CCN(c3nccc4c3OCC4)CC2)CC1)C[C@@H](O)C(F)(F)F. The fraction of sp³-hybridized carbons (Fsp3) is 0.750. The number of aromatic nitrogens is 1. The average Bonchev–Trinajstić information content (AvgIpc) is 3.27. The number of rotatable bonds is 8. The molecule has 0 unspecified atom stereocenters. The van der Waals surface area contributed by atoms with Gasteiger partial charge in [-0.3, -0.25) is 9.69 Å². The molecule has 1 saturated carbocycles. The fourth-order valence-electron chi connectivity index (χ4n) is 5.33. The predicted octanol–water partition coefficient (Wildman–Crippen LogP) is 3.61. The molecule has 1 aliphatic carbocycles. The summed E-state index contributed by atoms with van der Waals surface area (Å²) in [4.78, 5) is 21.3. The number of halogens is 3. The van der Waals surface area contributed by atoms with Crippen LogP contribution in [0.2, 0.25) is 0 Å². The lowest BCUT2D eigenvalue weighted by Gasteiger charge is -2.37. The van der Waals surface area contributed by atoms with E-state index in [4.69, 9.17) is 9.84 Å². The zero-order valence-corrected chi connectivity index (χ0v) is 19.0. The van der Waals surface area contributed by atoms with Crippen LogP contribution in [0, 0.1) is 11.8 Å². The van der Waals surface area contributed by atoms with Crippen LogP contribution in [-0.4, -0.2) is 72.4 Å². The summed E-state index contributed by atoms with van der Waals surface area (Å²) in [7, 11) is 0. The highest BCUT2D eigenvalue weighted by Crippen LogP contribution is 2.35. The van der Waals surface area contributed by atoms with E-state index in [0.29, 0.717) is 5.92 Å². The lowest BCUT2D eigenvalue weighted by atomic mass is 9.78. The third-order valence-corrected chi connectivity index (χ3v) is 7.39. The highest BCUT2D eigenvalue weighted by atomic mass is 19.4. The summed E-state index contributed by atoms with van der Waals surface area (Å²) < 4.78 is 43.1. The van der Waals surface area contributed by atoms with Crippen molar-refractivity contribution in [3.05, 3.63) is 17.8 Å². The summed E-state index contributed by atoms with van der Waals surface area (Å²) in [6, 6.07) is 2.04. The van der Waals surface area contributed by atoms with E-state index in [1.807, 2.05) is 12.3 Å². The molecule has 2 aliphatic heterocycles. The van der Waals surface area contributed by atoms with Crippen LogP contribution < -0.4 is 9.64 Å². The van der Waals surface area contributed by atoms with Gasteiger partial charge in [-0.15, -0.1) is 0 Å². The smallest absolute Gasteiger partial charge is 0.414 e. The topological polar surface area (TPSA) is 65.9 Å². The standard InChI is InChI=1S/C24H34F3N3O3/c25-24(26,27)21(32)16-20(31)15-18-3-1-17(2-4-18)6-9-29-10-12-30(13-11-29)23-22-19(5-8-28-23)7-14-33-22/h5,8,17-18,21,32H,1-4,6-7,9-16H2/t17?,18?,21-/m1/s1. The van der Waals surface area contributed by atoms with Gasteiger partial charge in [-0.05, 0) is 43.7 Å². The Morgan fingerprint density at radius 2 is 1.85 bits per heavy atom. The number of carbonyl (C=O) groups is 1. The Bertz CT molecular complexity index is 804. The van der Waals surface area contributed by atoms with Crippen molar-refractivity contribution in [1.82, 2.24) is 9.88 Å². The minimum atomic E-state index is -4.72. The van der Waals surface area contributed by atoms with E-state index in [9.17, 15) is 18.0 Å². The van der Waals surface area contributed by atoms with Gasteiger partial charge in [0.15, 0.2) is 17.7 Å². The summed E-state index contributed by atoms with van der Waals surface area (Å²) in [5, 5.41) is 9.08. The van der Waals surface area contributed by atoms with Gasteiger partial charge in [0.2, 0.25) is 0 Å². The van der Waals surface area contributed by atoms with Crippen molar-refractivity contribution in [2.75, 3.05) is 44.2 Å². The van der Waals surface area contributed by atoms with Gasteiger partial charge in [0, 0.05) is 57.2 Å². The van der Waals surface area contributed by atoms with Crippen LogP contribution in [0.5, 0.6) is 5.75 Å². The Kier molecular flexibility index (Phi) is 7.79. The number of Topliss-reactive ketones (excluding diaryl/α,β-unsaturated/α-hetero) is 1. The molecule has 1 N–H and O–H groups in total. The Morgan fingerprint density at radius 1 is 1.15 bits per heavy atom. The number of nitrogens with zero attached hydrogens (tertiary/aromatic N) is 3. The molecule has 6 nitrogen and oxygen atoms in total. The molecule has 1 atom stereocenters. The number of ketones is 1. The van der Waals surface area contributed by atoms with Crippen LogP contribution in [0.25, 0.3) is 0 Å². The summed E-state index contributed by atoms with van der Waals surface area (Å²) in [6.07, 6.45) is -0.143. The summed E-state index contributed by atoms with van der Waals surface area (Å²) >= 11 is 0. The highest BCUT2D eigenvalue weighted by Gasteiger charge is 2.39. The van der Waals surface area contributed by atoms with Crippen LogP contribution in [0.15, 0.2) is 12.3 Å². The Morgan fingerprint density at radius 3 is 2.55 bits per heavy atom. The van der Waals surface area contributed by atoms with Gasteiger partial charge in [-0.25, -0.2) is 4.98 Å². The Hall–Kier alpha value is -1.87. The zero-order chi connectivity index (χ0) is 23.4. The molecule has 2 fully saturated rings. The molecule has 1 aromatic heterocycles. The number of pyridine rings is 1. The van der Waals surface area contributed by atoms with E-state index < -0.39 is 24.5 Å². The zero-order valence-electron chi connectivity index (χ0n) is 19.0. The molecule has 9 heteroatoms. The molecule has 1 saturated heterocycles. The van der Waals surface area contributed by atoms with Crippen LogP contribution in [0.3, 0.4) is 0 Å². The number of hydrogen-bond donors (Lipinski definition) is 1. The summed E-state index contributed by atoms with van der Waals surface area (Å²) in [5.74, 6) is 2.21. The van der Waals surface area contributed by atoms with Crippen molar-refractivity contribution in [2.45, 2.75) is 63.6 Å². The first-order valence-electron chi connectivity index (χ1n) is 12.1. The second-order valence-corrected chi connectivity index (χ2v) is 9.73. The van der Waals surface area contributed by atoms with Crippen molar-refractivity contribution in [3.63, 3.8) is 0 Å². The number of aliphatic hydroxyl groups excluding tert-OH is 1. The minimum Gasteiger partial charge on any atom is -0.489 e. The maximum Gasteiger partial charge on any atom is 0.414 e. The molecule has 0 amide bonds. The van der Waals surface area contributed by atoms with E-state index in [0.717, 1.165) is 89.4 Å². The van der Waals surface area contributed by atoms with Crippen molar-refractivity contribution in [3.8, 4) is 5.75 Å². The van der Waals surface area contributed by atoms with E-state index in [2.05, 4.69) is 14.8 Å². The monoisotopic (exact) mass is 469 g/mol. The van der Waals surface area contributed by atoms with E-state index in [-0.39, 0.29) is 12.3 Å². The van der Waals surface area contributed by atoms with E-state index in [1.54, 1.807) is 0 Å². The maximum atomic E-state index is 12.4. The molecule has 0 bridgehead atoms. The van der Waals surface area contributed by atoms with Crippen molar-refractivity contribution in [1.29, 1.82) is 0 Å². The number of ether oxygens (including phenoxy) is 1. The molecule has 0 spiro atoms. The number of aliphatic hydroxyl groups is 1. The molecule has 4 rings (SSSR count). The van der Waals surface area contributed by atoms with Crippen molar-refractivity contribution >= 4 is 11.6 Å². The normalized spacial score (nSPS) is 24.9. The molecule has 1 aromatic rings. The van der Waals surface area contributed by atoms with Gasteiger partial charge < -0.3 is 14.7 Å². The van der Waals surface area contributed by atoms with Crippen molar-refractivity contribution < 1.29 is 27.8 Å². The number of alkyl halides is 3. The Balaban J connectivity index is 1.13. The van der Waals surface area contributed by atoms with Crippen LogP contribution >= 0.6 is 0 Å². The van der Waals surface area contributed by atoms with Gasteiger partial charge in [0.1, 0.15) is 5.78 Å². The average molecular weight is 470 g/mol. The molecule has 0 radical (unpaired) electrons. The third-order valence-electron chi connectivity index (χ3n) is 7.39. The van der Waals surface area contributed by atoms with Gasteiger partial charge in [-0.1, -0.05) is 12.8 Å². The van der Waals surface area contributed by atoms with Gasteiger partial charge in [0.05, 0.1) is 6.61 Å². The molecule has 3 aliphatic rings. The van der Waals surface area contributed by atoms with E-state index in [1.165, 1.54) is 5.56 Å². The number of piperazine rings is 1. The lowest BCUT2D eigenvalue weighted by Crippen LogP contribution is -2.47. The number of anilines is 1. The number of carbonyl (C=O) groups excluding carboxylic acids is 1. The van der Waals surface area contributed by atoms with Gasteiger partial charge in [-0.2, -0.15) is 13.2 Å². The molecular formula is C24H34F3N3O3. The number of hydrogen-bond acceptors (Lipinski definition) is 6. The molecule has 0 aromatic carbocycles. The largest absolute Gasteiger partial charge is 0.489 e. The molecular weight excluding hydrogens is 435 g/mol. The third kappa shape index (κ3) is 6.38. The van der Waals surface area contributed by atoms with E-state index >= 15 is 0 Å². The molecule has 3 heterocycles. The second kappa shape index (κ2) is 10.6. The minimum absolute atomic E-state index is 0.153. The van der Waals surface area contributed by atoms with Crippen molar-refractivity contribution in [2.24, 2.45) is 11.8 Å². The molecule has 33 heavy (non-hydrogen) atoms. The molecule has 184 valence electrons. The van der Waals surface area contributed by atoms with Crippen LogP contribution in [0.1, 0.15) is 50.5 Å². The first-order valence-corrected chi connectivity index (χ1v) is 12.1. The maximum absolute atomic E-state index is 12.4. The lowest BCUT2D eigenvalue weighted by molar-refractivity contribution is -0.205. The quantitative estimate of drug-likeness (QED) is 0.628. The van der Waals surface area contributed by atoms with Gasteiger partial charge >= 0.3 is 6.18 Å². The second-order valence-electron chi connectivity index (χ2n) is 9.73. The summed E-state index contributed by atoms with van der Waals surface area (Å²) in [6.45, 7) is 5.65. The number of fused-ring (bicyclic) bond motifs is 1. The summed E-state index contributed by atoms with van der Waals surface area (Å²) in [5.41, 5.74) is 1.25. The first-order chi connectivity index (χ1) is 15.8. The van der Waals surface area contributed by atoms with Crippen LogP contribution in [0.4, 0.5) is 19.0 Å².